The van der Waals surface area contributed by atoms with Crippen LogP contribution in [0.1, 0.15) is 39.2 Å². The second-order valence-corrected chi connectivity index (χ2v) is 6.18. The van der Waals surface area contributed by atoms with Gasteiger partial charge >= 0.3 is 18.1 Å². The zero-order chi connectivity index (χ0) is 18.2. The van der Waals surface area contributed by atoms with Crippen LogP contribution in [0.3, 0.4) is 0 Å². The molecule has 0 spiro atoms. The predicted molar refractivity (Wildman–Crippen MR) is 85.8 cm³/mol. The topological polar surface area (TPSA) is 105 Å². The summed E-state index contributed by atoms with van der Waals surface area (Å²) in [5.41, 5.74) is 5.68. The number of hydrogen-bond donors (Lipinski definition) is 1. The summed E-state index contributed by atoms with van der Waals surface area (Å²) in [5.74, 6) is -1.43. The summed E-state index contributed by atoms with van der Waals surface area (Å²) >= 11 is 0. The van der Waals surface area contributed by atoms with Crippen molar-refractivity contribution in [2.24, 2.45) is 5.73 Å². The molecule has 1 aromatic rings. The molecule has 0 saturated carbocycles. The summed E-state index contributed by atoms with van der Waals surface area (Å²) in [7, 11) is 0. The van der Waals surface area contributed by atoms with E-state index in [4.69, 9.17) is 15.2 Å². The molecule has 0 fully saturated rings. The third-order valence-corrected chi connectivity index (χ3v) is 2.78. The van der Waals surface area contributed by atoms with Gasteiger partial charge in [0, 0.05) is 6.42 Å². The highest BCUT2D eigenvalue weighted by atomic mass is 16.7. The molecule has 0 amide bonds. The second kappa shape index (κ2) is 9.02. The maximum Gasteiger partial charge on any atom is 0.516 e. The van der Waals surface area contributed by atoms with Gasteiger partial charge in [0.1, 0.15) is 18.2 Å². The standard InChI is InChI=1S/C17H23NO6/c1-17(2,3)24-16(21)23-15(20)13(18)9-10-14(19)22-11-12-7-5-4-6-8-12/h4-8,13H,9-11,18H2,1-3H3/t13-/m0/s1. The van der Waals surface area contributed by atoms with Crippen molar-refractivity contribution in [3.05, 3.63) is 35.9 Å². The van der Waals surface area contributed by atoms with Crippen LogP contribution >= 0.6 is 0 Å². The van der Waals surface area contributed by atoms with Crippen molar-refractivity contribution in [1.82, 2.24) is 0 Å². The molecular formula is C17H23NO6. The average Bonchev–Trinajstić information content (AvgIpc) is 2.49. The fourth-order valence-electron chi connectivity index (χ4n) is 1.63. The van der Waals surface area contributed by atoms with Gasteiger partial charge in [0.05, 0.1) is 0 Å². The first-order chi connectivity index (χ1) is 11.2. The van der Waals surface area contributed by atoms with Crippen molar-refractivity contribution in [2.75, 3.05) is 0 Å². The van der Waals surface area contributed by atoms with Crippen LogP contribution < -0.4 is 5.73 Å². The van der Waals surface area contributed by atoms with Gasteiger partial charge in [-0.2, -0.15) is 0 Å². The Morgan fingerprint density at radius 2 is 1.75 bits per heavy atom. The summed E-state index contributed by atoms with van der Waals surface area (Å²) in [4.78, 5) is 34.6. The quantitative estimate of drug-likeness (QED) is 0.627. The summed E-state index contributed by atoms with van der Waals surface area (Å²) in [6.07, 6.45) is -1.17. The lowest BCUT2D eigenvalue weighted by atomic mass is 10.2. The van der Waals surface area contributed by atoms with E-state index in [1.54, 1.807) is 20.8 Å². The van der Waals surface area contributed by atoms with E-state index in [2.05, 4.69) is 4.74 Å². The number of esters is 2. The van der Waals surface area contributed by atoms with E-state index in [0.717, 1.165) is 5.56 Å². The highest BCUT2D eigenvalue weighted by molar-refractivity contribution is 5.85. The van der Waals surface area contributed by atoms with Crippen LogP contribution in [-0.4, -0.2) is 29.7 Å². The maximum atomic E-state index is 11.6. The van der Waals surface area contributed by atoms with E-state index in [9.17, 15) is 14.4 Å². The molecule has 1 atom stereocenters. The van der Waals surface area contributed by atoms with Gasteiger partial charge in [-0.3, -0.25) is 4.79 Å². The molecule has 0 unspecified atom stereocenters. The molecule has 0 aliphatic rings. The Balaban J connectivity index is 2.29. The van der Waals surface area contributed by atoms with Crippen LogP contribution in [0.4, 0.5) is 4.79 Å². The van der Waals surface area contributed by atoms with Gasteiger partial charge in [-0.15, -0.1) is 0 Å². The zero-order valence-corrected chi connectivity index (χ0v) is 14.1. The average molecular weight is 337 g/mol. The lowest BCUT2D eigenvalue weighted by Gasteiger charge is -2.19. The normalized spacial score (nSPS) is 12.2. The fourth-order valence-corrected chi connectivity index (χ4v) is 1.63. The van der Waals surface area contributed by atoms with Gasteiger partial charge < -0.3 is 19.9 Å². The summed E-state index contributed by atoms with van der Waals surface area (Å²) < 4.78 is 14.4. The molecule has 24 heavy (non-hydrogen) atoms. The van der Waals surface area contributed by atoms with E-state index < -0.39 is 29.7 Å². The minimum atomic E-state index is -1.12. The molecule has 0 aliphatic heterocycles. The maximum absolute atomic E-state index is 11.6. The Hall–Kier alpha value is -2.41. The minimum Gasteiger partial charge on any atom is -0.461 e. The van der Waals surface area contributed by atoms with Crippen molar-refractivity contribution in [3.63, 3.8) is 0 Å². The van der Waals surface area contributed by atoms with Crippen LogP contribution in [0.2, 0.25) is 0 Å². The molecule has 0 saturated heterocycles. The van der Waals surface area contributed by atoms with Crippen molar-refractivity contribution in [3.8, 4) is 0 Å². The van der Waals surface area contributed by atoms with Crippen LogP contribution in [0.5, 0.6) is 0 Å². The largest absolute Gasteiger partial charge is 0.516 e. The fraction of sp³-hybridized carbons (Fsp3) is 0.471. The number of ether oxygens (including phenoxy) is 3. The first-order valence-corrected chi connectivity index (χ1v) is 7.57. The summed E-state index contributed by atoms with van der Waals surface area (Å²) in [5, 5.41) is 0. The Kier molecular flexibility index (Phi) is 7.38. The Morgan fingerprint density at radius 3 is 2.33 bits per heavy atom. The predicted octanol–water partition coefficient (Wildman–Crippen LogP) is 2.32. The molecule has 0 aromatic heterocycles. The Bertz CT molecular complexity index is 564. The van der Waals surface area contributed by atoms with Crippen molar-refractivity contribution in [1.29, 1.82) is 0 Å². The SMILES string of the molecule is CC(C)(C)OC(=O)OC(=O)[C@@H](N)CCC(=O)OCc1ccccc1. The van der Waals surface area contributed by atoms with E-state index in [1.165, 1.54) is 0 Å². The molecule has 0 bridgehead atoms. The molecule has 1 aromatic carbocycles. The van der Waals surface area contributed by atoms with Gasteiger partial charge in [0.15, 0.2) is 0 Å². The number of benzene rings is 1. The first-order valence-electron chi connectivity index (χ1n) is 7.57. The van der Waals surface area contributed by atoms with Crippen molar-refractivity contribution in [2.45, 2.75) is 51.9 Å². The third kappa shape index (κ3) is 8.28. The molecule has 0 radical (unpaired) electrons. The van der Waals surface area contributed by atoms with E-state index in [0.29, 0.717) is 0 Å². The zero-order valence-electron chi connectivity index (χ0n) is 14.1. The highest BCUT2D eigenvalue weighted by Crippen LogP contribution is 2.09. The Labute approximate surface area is 141 Å². The lowest BCUT2D eigenvalue weighted by Crippen LogP contribution is -2.36. The van der Waals surface area contributed by atoms with E-state index in [-0.39, 0.29) is 19.4 Å². The lowest BCUT2D eigenvalue weighted by molar-refractivity contribution is -0.146. The highest BCUT2D eigenvalue weighted by Gasteiger charge is 2.24. The smallest absolute Gasteiger partial charge is 0.461 e. The van der Waals surface area contributed by atoms with Gasteiger partial charge in [0.2, 0.25) is 0 Å². The number of hydrogen-bond acceptors (Lipinski definition) is 7. The minimum absolute atomic E-state index is 0.00918. The number of carbonyl (C=O) groups is 3. The summed E-state index contributed by atoms with van der Waals surface area (Å²) in [6, 6.07) is 8.09. The number of nitrogens with two attached hydrogens (primary N) is 1. The molecule has 1 rings (SSSR count). The second-order valence-electron chi connectivity index (χ2n) is 6.18. The molecule has 132 valence electrons. The molecule has 2 N–H and O–H groups in total. The van der Waals surface area contributed by atoms with Crippen LogP contribution in [0.25, 0.3) is 0 Å². The molecule has 0 aliphatic carbocycles. The first kappa shape index (κ1) is 19.6. The van der Waals surface area contributed by atoms with Crippen LogP contribution in [0.15, 0.2) is 30.3 Å². The van der Waals surface area contributed by atoms with Gasteiger partial charge in [0.25, 0.3) is 0 Å². The van der Waals surface area contributed by atoms with Crippen LogP contribution in [-0.2, 0) is 30.4 Å². The Morgan fingerprint density at radius 1 is 1.12 bits per heavy atom. The molecule has 7 nitrogen and oxygen atoms in total. The van der Waals surface area contributed by atoms with E-state index >= 15 is 0 Å². The van der Waals surface area contributed by atoms with Gasteiger partial charge in [-0.05, 0) is 32.8 Å². The van der Waals surface area contributed by atoms with E-state index in [1.807, 2.05) is 30.3 Å². The monoisotopic (exact) mass is 337 g/mol. The van der Waals surface area contributed by atoms with Crippen LogP contribution in [0, 0.1) is 0 Å². The molecule has 0 heterocycles. The third-order valence-electron chi connectivity index (χ3n) is 2.78. The molecular weight excluding hydrogens is 314 g/mol. The van der Waals surface area contributed by atoms with Crippen molar-refractivity contribution >= 4 is 18.1 Å². The molecule has 7 heteroatoms. The number of rotatable bonds is 6. The number of carbonyl (C=O) groups excluding carboxylic acids is 3. The van der Waals surface area contributed by atoms with Crippen molar-refractivity contribution < 1.29 is 28.6 Å². The van der Waals surface area contributed by atoms with Gasteiger partial charge in [-0.1, -0.05) is 30.3 Å². The van der Waals surface area contributed by atoms with Gasteiger partial charge in [-0.25, -0.2) is 9.59 Å². The summed E-state index contributed by atoms with van der Waals surface area (Å²) in [6.45, 7) is 5.07.